The van der Waals surface area contributed by atoms with E-state index in [0.29, 0.717) is 12.1 Å². The van der Waals surface area contributed by atoms with E-state index in [1.165, 1.54) is 12.8 Å². The predicted octanol–water partition coefficient (Wildman–Crippen LogP) is 1.23. The quantitative estimate of drug-likeness (QED) is 0.870. The molecule has 112 valence electrons. The number of hydrogen-bond acceptors (Lipinski definition) is 5. The number of anilines is 1. The molecule has 1 aromatic rings. The van der Waals surface area contributed by atoms with Gasteiger partial charge >= 0.3 is 0 Å². The first-order chi connectivity index (χ1) is 9.74. The van der Waals surface area contributed by atoms with E-state index < -0.39 is 0 Å². The average molecular weight is 279 g/mol. The topological polar surface area (TPSA) is 80.1 Å². The SMILES string of the molecule is CC1C(N)CCCN1c1n[nH]c(CC2CCCCO2)n1. The Balaban J connectivity index is 1.63. The number of H-pyrrole nitrogens is 1. The minimum atomic E-state index is 0.215. The normalized spacial score (nSPS) is 31.5. The number of nitrogens with two attached hydrogens (primary N) is 1. The summed E-state index contributed by atoms with van der Waals surface area (Å²) in [5.41, 5.74) is 6.13. The van der Waals surface area contributed by atoms with Gasteiger partial charge in [0.25, 0.3) is 0 Å². The van der Waals surface area contributed by atoms with E-state index in [2.05, 4.69) is 27.0 Å². The standard InChI is InChI=1S/C14H25N5O/c1-10-12(15)6-4-7-19(10)14-16-13(17-18-14)9-11-5-2-3-8-20-11/h10-12H,2-9,15H2,1H3,(H,16,17,18). The zero-order valence-electron chi connectivity index (χ0n) is 12.2. The zero-order chi connectivity index (χ0) is 13.9. The molecule has 2 aliphatic rings. The second-order valence-corrected chi connectivity index (χ2v) is 6.01. The largest absolute Gasteiger partial charge is 0.378 e. The maximum Gasteiger partial charge on any atom is 0.244 e. The van der Waals surface area contributed by atoms with Gasteiger partial charge in [-0.05, 0) is 39.0 Å². The summed E-state index contributed by atoms with van der Waals surface area (Å²) in [7, 11) is 0. The van der Waals surface area contributed by atoms with Gasteiger partial charge in [0.1, 0.15) is 5.82 Å². The van der Waals surface area contributed by atoms with Gasteiger partial charge in [-0.15, -0.1) is 5.10 Å². The lowest BCUT2D eigenvalue weighted by atomic mass is 9.99. The van der Waals surface area contributed by atoms with Gasteiger partial charge in [0.05, 0.1) is 6.10 Å². The van der Waals surface area contributed by atoms with Crippen LogP contribution in [0.2, 0.25) is 0 Å². The molecule has 1 aromatic heterocycles. The minimum absolute atomic E-state index is 0.215. The summed E-state index contributed by atoms with van der Waals surface area (Å²) >= 11 is 0. The van der Waals surface area contributed by atoms with Crippen molar-refractivity contribution in [2.45, 2.75) is 63.6 Å². The summed E-state index contributed by atoms with van der Waals surface area (Å²) < 4.78 is 5.75. The first-order valence-electron chi connectivity index (χ1n) is 7.79. The zero-order valence-corrected chi connectivity index (χ0v) is 12.2. The fraction of sp³-hybridized carbons (Fsp3) is 0.857. The van der Waals surface area contributed by atoms with Crippen molar-refractivity contribution in [3.8, 4) is 0 Å². The Hall–Kier alpha value is -1.14. The molecule has 0 saturated carbocycles. The highest BCUT2D eigenvalue weighted by Gasteiger charge is 2.28. The molecule has 2 saturated heterocycles. The lowest BCUT2D eigenvalue weighted by Crippen LogP contribution is -2.51. The maximum atomic E-state index is 6.13. The molecule has 2 fully saturated rings. The van der Waals surface area contributed by atoms with Gasteiger partial charge in [-0.1, -0.05) is 0 Å². The third-order valence-corrected chi connectivity index (χ3v) is 4.52. The van der Waals surface area contributed by atoms with Crippen LogP contribution in [0, 0.1) is 0 Å². The first-order valence-corrected chi connectivity index (χ1v) is 7.79. The van der Waals surface area contributed by atoms with Gasteiger partial charge in [0, 0.05) is 31.7 Å². The van der Waals surface area contributed by atoms with Gasteiger partial charge < -0.3 is 15.4 Å². The lowest BCUT2D eigenvalue weighted by Gasteiger charge is -2.36. The highest BCUT2D eigenvalue weighted by molar-refractivity contribution is 5.32. The second kappa shape index (κ2) is 6.10. The van der Waals surface area contributed by atoms with E-state index in [1.54, 1.807) is 0 Å². The Bertz CT molecular complexity index is 429. The maximum absolute atomic E-state index is 6.13. The first kappa shape index (κ1) is 13.8. The van der Waals surface area contributed by atoms with E-state index in [1.807, 2.05) is 0 Å². The van der Waals surface area contributed by atoms with Crippen molar-refractivity contribution in [3.63, 3.8) is 0 Å². The molecule has 6 nitrogen and oxygen atoms in total. The van der Waals surface area contributed by atoms with Crippen LogP contribution in [0.25, 0.3) is 0 Å². The molecule has 0 bridgehead atoms. The Morgan fingerprint density at radius 3 is 3.05 bits per heavy atom. The van der Waals surface area contributed by atoms with Gasteiger partial charge in [-0.2, -0.15) is 4.98 Å². The molecule has 6 heteroatoms. The smallest absolute Gasteiger partial charge is 0.244 e. The van der Waals surface area contributed by atoms with Gasteiger partial charge in [-0.3, -0.25) is 5.10 Å². The summed E-state index contributed by atoms with van der Waals surface area (Å²) in [5.74, 6) is 1.72. The predicted molar refractivity (Wildman–Crippen MR) is 77.7 cm³/mol. The van der Waals surface area contributed by atoms with Crippen LogP contribution in [-0.2, 0) is 11.2 Å². The Labute approximate surface area is 120 Å². The molecule has 3 N–H and O–H groups in total. The molecule has 0 spiro atoms. The number of nitrogens with one attached hydrogen (secondary N) is 1. The minimum Gasteiger partial charge on any atom is -0.378 e. The summed E-state index contributed by atoms with van der Waals surface area (Å²) in [6.45, 7) is 4.03. The van der Waals surface area contributed by atoms with Crippen LogP contribution in [0.1, 0.15) is 44.9 Å². The molecule has 0 aromatic carbocycles. The van der Waals surface area contributed by atoms with E-state index in [9.17, 15) is 0 Å². The highest BCUT2D eigenvalue weighted by Crippen LogP contribution is 2.22. The highest BCUT2D eigenvalue weighted by atomic mass is 16.5. The van der Waals surface area contributed by atoms with E-state index in [0.717, 1.165) is 50.6 Å². The van der Waals surface area contributed by atoms with Crippen molar-refractivity contribution >= 4 is 5.95 Å². The molecular formula is C14H25N5O. The molecule has 0 amide bonds. The van der Waals surface area contributed by atoms with Crippen LogP contribution in [0.3, 0.4) is 0 Å². The van der Waals surface area contributed by atoms with Crippen molar-refractivity contribution in [2.24, 2.45) is 5.73 Å². The molecule has 3 atom stereocenters. The molecular weight excluding hydrogens is 254 g/mol. The monoisotopic (exact) mass is 279 g/mol. The number of ether oxygens (including phenoxy) is 1. The Morgan fingerprint density at radius 1 is 1.35 bits per heavy atom. The van der Waals surface area contributed by atoms with Crippen molar-refractivity contribution in [1.82, 2.24) is 15.2 Å². The van der Waals surface area contributed by atoms with Gasteiger partial charge in [0.2, 0.25) is 5.95 Å². The van der Waals surface area contributed by atoms with Crippen LogP contribution >= 0.6 is 0 Å². The number of piperidine rings is 1. The van der Waals surface area contributed by atoms with Crippen LogP contribution in [0.4, 0.5) is 5.95 Å². The van der Waals surface area contributed by atoms with Gasteiger partial charge in [0.15, 0.2) is 0 Å². The summed E-state index contributed by atoms with van der Waals surface area (Å²) in [4.78, 5) is 6.85. The summed E-state index contributed by atoms with van der Waals surface area (Å²) in [5, 5.41) is 7.43. The number of aromatic nitrogens is 3. The van der Waals surface area contributed by atoms with Crippen molar-refractivity contribution in [2.75, 3.05) is 18.1 Å². The molecule has 3 heterocycles. The van der Waals surface area contributed by atoms with Crippen molar-refractivity contribution in [1.29, 1.82) is 0 Å². The van der Waals surface area contributed by atoms with Crippen LogP contribution < -0.4 is 10.6 Å². The third kappa shape index (κ3) is 2.96. The molecule has 2 aliphatic heterocycles. The summed E-state index contributed by atoms with van der Waals surface area (Å²) in [6.07, 6.45) is 6.89. The third-order valence-electron chi connectivity index (χ3n) is 4.52. The Kier molecular flexibility index (Phi) is 4.21. The molecule has 3 rings (SSSR count). The van der Waals surface area contributed by atoms with E-state index in [4.69, 9.17) is 10.5 Å². The van der Waals surface area contributed by atoms with Crippen LogP contribution in [0.5, 0.6) is 0 Å². The van der Waals surface area contributed by atoms with E-state index in [-0.39, 0.29) is 6.04 Å². The van der Waals surface area contributed by atoms with Crippen LogP contribution in [-0.4, -0.2) is 46.5 Å². The number of rotatable bonds is 3. The number of hydrogen-bond donors (Lipinski definition) is 2. The van der Waals surface area contributed by atoms with Crippen LogP contribution in [0.15, 0.2) is 0 Å². The fourth-order valence-electron chi connectivity index (χ4n) is 3.14. The second-order valence-electron chi connectivity index (χ2n) is 6.01. The molecule has 0 radical (unpaired) electrons. The molecule has 0 aliphatic carbocycles. The van der Waals surface area contributed by atoms with E-state index >= 15 is 0 Å². The summed E-state index contributed by atoms with van der Waals surface area (Å²) in [6, 6.07) is 0.519. The van der Waals surface area contributed by atoms with Crippen molar-refractivity contribution in [3.05, 3.63) is 5.82 Å². The molecule has 3 unspecified atom stereocenters. The Morgan fingerprint density at radius 2 is 2.25 bits per heavy atom. The van der Waals surface area contributed by atoms with Crippen molar-refractivity contribution < 1.29 is 4.74 Å². The lowest BCUT2D eigenvalue weighted by molar-refractivity contribution is 0.0157. The fourth-order valence-corrected chi connectivity index (χ4v) is 3.14. The molecule has 20 heavy (non-hydrogen) atoms. The number of nitrogens with zero attached hydrogens (tertiary/aromatic N) is 3. The number of aromatic amines is 1. The average Bonchev–Trinajstić information content (AvgIpc) is 2.91. The van der Waals surface area contributed by atoms with Gasteiger partial charge in [-0.25, -0.2) is 0 Å².